The highest BCUT2D eigenvalue weighted by molar-refractivity contribution is 9.10. The van der Waals surface area contributed by atoms with Gasteiger partial charge in [-0.1, -0.05) is 115 Å². The number of nitrogens with zero attached hydrogens (tertiary/aromatic N) is 1. The molecule has 5 aromatic carbocycles. The molecule has 0 bridgehead atoms. The largest absolute Gasteiger partial charge is 0.309 e. The number of halogens is 1. The fourth-order valence-electron chi connectivity index (χ4n) is 7.12. The third-order valence-electron chi connectivity index (χ3n) is 9.18. The van der Waals surface area contributed by atoms with Crippen molar-refractivity contribution < 1.29 is 0 Å². The molecule has 0 spiro atoms. The predicted molar refractivity (Wildman–Crippen MR) is 177 cm³/mol. The van der Waals surface area contributed by atoms with Crippen molar-refractivity contribution >= 4 is 43.3 Å². The molecule has 6 aromatic rings. The molecule has 0 saturated heterocycles. The van der Waals surface area contributed by atoms with Crippen LogP contribution < -0.4 is 0 Å². The van der Waals surface area contributed by atoms with Gasteiger partial charge < -0.3 is 4.57 Å². The lowest BCUT2D eigenvalue weighted by Gasteiger charge is -2.21. The smallest absolute Gasteiger partial charge is 0.0541 e. The first kappa shape index (κ1) is 24.6. The van der Waals surface area contributed by atoms with Crippen molar-refractivity contribution in [3.63, 3.8) is 0 Å². The second-order valence-electron chi connectivity index (χ2n) is 11.9. The Morgan fingerprint density at radius 1 is 0.707 bits per heavy atom. The fourth-order valence-corrected chi connectivity index (χ4v) is 7.52. The molecule has 0 radical (unpaired) electrons. The van der Waals surface area contributed by atoms with Crippen LogP contribution in [0.15, 0.2) is 132 Å². The molecule has 0 N–H and O–H groups in total. The van der Waals surface area contributed by atoms with Crippen LogP contribution in [0.25, 0.3) is 44.2 Å². The predicted octanol–water partition coefficient (Wildman–Crippen LogP) is 11.0. The molecule has 2 aliphatic carbocycles. The van der Waals surface area contributed by atoms with Crippen molar-refractivity contribution in [2.24, 2.45) is 0 Å². The van der Waals surface area contributed by atoms with Crippen molar-refractivity contribution in [1.29, 1.82) is 0 Å². The van der Waals surface area contributed by atoms with Crippen molar-refractivity contribution in [3.05, 3.63) is 154 Å². The SMILES string of the molecule is CC1(C)c2ccccc2-c2cc(-n3c4ccccc4c4cc(C5C=C(c6cccc(Br)c6)C=CC5)ccc43)ccc21. The van der Waals surface area contributed by atoms with E-state index in [0.29, 0.717) is 5.92 Å². The monoisotopic (exact) mass is 591 g/mol. The van der Waals surface area contributed by atoms with Crippen LogP contribution in [0.1, 0.15) is 48.4 Å². The minimum absolute atomic E-state index is 0.0107. The molecule has 0 aliphatic heterocycles. The van der Waals surface area contributed by atoms with Crippen molar-refractivity contribution in [3.8, 4) is 16.8 Å². The summed E-state index contributed by atoms with van der Waals surface area (Å²) in [5.74, 6) is 0.347. The van der Waals surface area contributed by atoms with E-state index in [4.69, 9.17) is 0 Å². The van der Waals surface area contributed by atoms with E-state index in [9.17, 15) is 0 Å². The zero-order valence-corrected chi connectivity index (χ0v) is 24.8. The Hall–Kier alpha value is -4.14. The van der Waals surface area contributed by atoms with E-state index in [0.717, 1.165) is 10.9 Å². The van der Waals surface area contributed by atoms with Gasteiger partial charge in [0.1, 0.15) is 0 Å². The summed E-state index contributed by atoms with van der Waals surface area (Å²) in [6.45, 7) is 4.69. The second kappa shape index (κ2) is 9.19. The van der Waals surface area contributed by atoms with Gasteiger partial charge in [-0.2, -0.15) is 0 Å². The topological polar surface area (TPSA) is 4.93 Å². The quantitative estimate of drug-likeness (QED) is 0.193. The van der Waals surface area contributed by atoms with Gasteiger partial charge in [0, 0.05) is 32.3 Å². The van der Waals surface area contributed by atoms with Gasteiger partial charge in [-0.05, 0) is 87.8 Å². The van der Waals surface area contributed by atoms with Gasteiger partial charge in [0.05, 0.1) is 11.0 Å². The summed E-state index contributed by atoms with van der Waals surface area (Å²) in [7, 11) is 0. The Balaban J connectivity index is 1.27. The third kappa shape index (κ3) is 3.81. The Kier molecular flexibility index (Phi) is 5.52. The number of hydrogen-bond donors (Lipinski definition) is 0. The van der Waals surface area contributed by atoms with Crippen LogP contribution in [0.4, 0.5) is 0 Å². The molecule has 0 saturated carbocycles. The van der Waals surface area contributed by atoms with E-state index < -0.39 is 0 Å². The van der Waals surface area contributed by atoms with Gasteiger partial charge >= 0.3 is 0 Å². The summed E-state index contributed by atoms with van der Waals surface area (Å²) in [5.41, 5.74) is 13.2. The average molecular weight is 593 g/mol. The molecular weight excluding hydrogens is 562 g/mol. The maximum Gasteiger partial charge on any atom is 0.0541 e. The van der Waals surface area contributed by atoms with Crippen molar-refractivity contribution in [2.45, 2.75) is 31.6 Å². The Morgan fingerprint density at radius 2 is 1.51 bits per heavy atom. The normalized spacial score (nSPS) is 17.0. The summed E-state index contributed by atoms with van der Waals surface area (Å²) >= 11 is 3.64. The van der Waals surface area contributed by atoms with Gasteiger partial charge in [0.25, 0.3) is 0 Å². The molecule has 1 atom stereocenters. The number of rotatable bonds is 3. The van der Waals surface area contributed by atoms with Crippen LogP contribution in [-0.2, 0) is 5.41 Å². The molecule has 198 valence electrons. The summed E-state index contributed by atoms with van der Waals surface area (Å²) in [5, 5.41) is 2.61. The Morgan fingerprint density at radius 3 is 2.41 bits per heavy atom. The average Bonchev–Trinajstić information content (AvgIpc) is 3.45. The summed E-state index contributed by atoms with van der Waals surface area (Å²) in [4.78, 5) is 0. The molecular formula is C39H30BrN. The van der Waals surface area contributed by atoms with Crippen LogP contribution >= 0.6 is 15.9 Å². The van der Waals surface area contributed by atoms with E-state index in [-0.39, 0.29) is 5.41 Å². The van der Waals surface area contributed by atoms with Crippen LogP contribution in [0.5, 0.6) is 0 Å². The molecule has 41 heavy (non-hydrogen) atoms. The first-order valence-electron chi connectivity index (χ1n) is 14.4. The highest BCUT2D eigenvalue weighted by Crippen LogP contribution is 2.49. The van der Waals surface area contributed by atoms with Gasteiger partial charge in [0.2, 0.25) is 0 Å². The molecule has 0 amide bonds. The molecule has 2 heteroatoms. The zero-order chi connectivity index (χ0) is 27.7. The number of aromatic nitrogens is 1. The molecule has 0 fully saturated rings. The van der Waals surface area contributed by atoms with Crippen LogP contribution in [0, 0.1) is 0 Å². The van der Waals surface area contributed by atoms with Gasteiger partial charge in [-0.25, -0.2) is 0 Å². The first-order valence-corrected chi connectivity index (χ1v) is 15.2. The van der Waals surface area contributed by atoms with E-state index in [1.54, 1.807) is 0 Å². The Bertz CT molecular complexity index is 2070. The minimum atomic E-state index is 0.0107. The number of allylic oxidation sites excluding steroid dienone is 4. The van der Waals surface area contributed by atoms with Crippen molar-refractivity contribution in [1.82, 2.24) is 4.57 Å². The lowest BCUT2D eigenvalue weighted by Crippen LogP contribution is -2.14. The van der Waals surface area contributed by atoms with E-state index in [2.05, 4.69) is 162 Å². The second-order valence-corrected chi connectivity index (χ2v) is 12.8. The lowest BCUT2D eigenvalue weighted by molar-refractivity contribution is 0.660. The highest BCUT2D eigenvalue weighted by atomic mass is 79.9. The maximum absolute atomic E-state index is 3.64. The molecule has 8 rings (SSSR count). The van der Waals surface area contributed by atoms with Crippen LogP contribution in [0.2, 0.25) is 0 Å². The number of hydrogen-bond acceptors (Lipinski definition) is 0. The first-order chi connectivity index (χ1) is 20.0. The minimum Gasteiger partial charge on any atom is -0.309 e. The van der Waals surface area contributed by atoms with Gasteiger partial charge in [-0.3, -0.25) is 0 Å². The summed E-state index contributed by atoms with van der Waals surface area (Å²) in [6, 6.07) is 40.5. The third-order valence-corrected chi connectivity index (χ3v) is 9.67. The molecule has 1 nitrogen and oxygen atoms in total. The van der Waals surface area contributed by atoms with Gasteiger partial charge in [-0.15, -0.1) is 0 Å². The summed E-state index contributed by atoms with van der Waals surface area (Å²) < 4.78 is 3.56. The highest BCUT2D eigenvalue weighted by Gasteiger charge is 2.35. The molecule has 1 unspecified atom stereocenters. The fraction of sp³-hybridized carbons (Fsp3) is 0.128. The van der Waals surface area contributed by atoms with E-state index in [1.165, 1.54) is 66.4 Å². The summed E-state index contributed by atoms with van der Waals surface area (Å²) in [6.07, 6.45) is 8.03. The van der Waals surface area contributed by atoms with Crippen molar-refractivity contribution in [2.75, 3.05) is 0 Å². The van der Waals surface area contributed by atoms with Crippen LogP contribution in [-0.4, -0.2) is 4.57 Å². The lowest BCUT2D eigenvalue weighted by atomic mass is 9.82. The molecule has 1 heterocycles. The number of fused-ring (bicyclic) bond motifs is 6. The number of benzene rings is 5. The molecule has 2 aliphatic rings. The van der Waals surface area contributed by atoms with E-state index >= 15 is 0 Å². The number of para-hydroxylation sites is 1. The Labute approximate surface area is 249 Å². The van der Waals surface area contributed by atoms with Crippen LogP contribution in [0.3, 0.4) is 0 Å². The van der Waals surface area contributed by atoms with Gasteiger partial charge in [0.15, 0.2) is 0 Å². The zero-order valence-electron chi connectivity index (χ0n) is 23.2. The standard InChI is InChI=1S/C39H30BrN/c1-39(2)35-15-5-3-13-31(35)33-24-30(18-19-36(33)39)41-37-16-6-4-14-32(37)34-23-28(17-20-38(34)41)26-10-7-9-25(21-26)27-11-8-12-29(40)22-27/h3-9,11-24,26H,10H2,1-2H3. The maximum atomic E-state index is 3.64. The molecule has 1 aromatic heterocycles. The van der Waals surface area contributed by atoms with E-state index in [1.807, 2.05) is 0 Å².